The van der Waals surface area contributed by atoms with Gasteiger partial charge in [0.15, 0.2) is 0 Å². The van der Waals surface area contributed by atoms with Gasteiger partial charge in [0.1, 0.15) is 0 Å². The average molecular weight is 256 g/mol. The maximum atomic E-state index is 6.13. The second-order valence-corrected chi connectivity index (χ2v) is 7.46. The van der Waals surface area contributed by atoms with Crippen LogP contribution in [0.15, 0.2) is 24.3 Å². The average Bonchev–Trinajstić information content (AvgIpc) is 2.15. The molecule has 1 aliphatic rings. The third-order valence-electron chi connectivity index (χ3n) is 2.97. The van der Waals surface area contributed by atoms with Crippen LogP contribution in [0.1, 0.15) is 37.5 Å². The zero-order valence-corrected chi connectivity index (χ0v) is 11.3. The first-order valence-corrected chi connectivity index (χ1v) is 6.91. The van der Waals surface area contributed by atoms with E-state index in [1.165, 1.54) is 5.56 Å². The van der Waals surface area contributed by atoms with Gasteiger partial charge < -0.3 is 5.73 Å². The summed E-state index contributed by atoms with van der Waals surface area (Å²) in [4.78, 5) is 0. The van der Waals surface area contributed by atoms with Crippen molar-refractivity contribution >= 4 is 23.4 Å². The summed E-state index contributed by atoms with van der Waals surface area (Å²) in [6.45, 7) is 4.55. The Bertz CT molecular complexity index is 361. The van der Waals surface area contributed by atoms with Crippen LogP contribution in [0.5, 0.6) is 0 Å². The number of rotatable bonds is 1. The van der Waals surface area contributed by atoms with Crippen LogP contribution in [-0.4, -0.2) is 10.8 Å². The van der Waals surface area contributed by atoms with E-state index >= 15 is 0 Å². The zero-order valence-electron chi connectivity index (χ0n) is 9.74. The highest BCUT2D eigenvalue weighted by atomic mass is 35.5. The van der Waals surface area contributed by atoms with Gasteiger partial charge in [-0.3, -0.25) is 0 Å². The summed E-state index contributed by atoms with van der Waals surface area (Å²) in [5.74, 6) is 0. The molecule has 0 spiro atoms. The molecule has 3 heteroatoms. The second kappa shape index (κ2) is 4.59. The van der Waals surface area contributed by atoms with Gasteiger partial charge in [0, 0.05) is 21.1 Å². The Morgan fingerprint density at radius 3 is 2.50 bits per heavy atom. The third kappa shape index (κ3) is 2.93. The van der Waals surface area contributed by atoms with Crippen molar-refractivity contribution in [1.82, 2.24) is 0 Å². The van der Waals surface area contributed by atoms with E-state index in [0.717, 1.165) is 17.9 Å². The highest BCUT2D eigenvalue weighted by Gasteiger charge is 2.33. The minimum Gasteiger partial charge on any atom is -0.328 e. The first-order valence-electron chi connectivity index (χ1n) is 5.65. The molecule has 0 bridgehead atoms. The van der Waals surface area contributed by atoms with Crippen LogP contribution in [0.25, 0.3) is 0 Å². The minimum atomic E-state index is 0.280. The zero-order chi connectivity index (χ0) is 11.8. The van der Waals surface area contributed by atoms with Gasteiger partial charge in [-0.15, -0.1) is 11.8 Å². The molecule has 2 rings (SSSR count). The molecule has 1 heterocycles. The van der Waals surface area contributed by atoms with Gasteiger partial charge in [-0.2, -0.15) is 0 Å². The van der Waals surface area contributed by atoms with Crippen LogP contribution in [0, 0.1) is 0 Å². The largest absolute Gasteiger partial charge is 0.328 e. The number of hydrogen-bond donors (Lipinski definition) is 1. The van der Waals surface area contributed by atoms with Crippen LogP contribution in [0.4, 0.5) is 0 Å². The molecule has 1 nitrogen and oxygen atoms in total. The van der Waals surface area contributed by atoms with Gasteiger partial charge in [0.25, 0.3) is 0 Å². The lowest BCUT2D eigenvalue weighted by Gasteiger charge is -2.38. The Morgan fingerprint density at radius 2 is 1.94 bits per heavy atom. The van der Waals surface area contributed by atoms with E-state index in [2.05, 4.69) is 26.0 Å². The SMILES string of the molecule is CC1(C)CC(N)CC(c2ccc(Cl)cc2)S1. The van der Waals surface area contributed by atoms with Crippen molar-refractivity contribution in [2.24, 2.45) is 5.73 Å². The number of nitrogens with two attached hydrogens (primary N) is 1. The lowest BCUT2D eigenvalue weighted by molar-refractivity contribution is 0.472. The molecule has 1 aromatic rings. The predicted octanol–water partition coefficient (Wildman–Crippen LogP) is 4.01. The monoisotopic (exact) mass is 255 g/mol. The van der Waals surface area contributed by atoms with E-state index in [1.807, 2.05) is 23.9 Å². The Kier molecular flexibility index (Phi) is 3.53. The number of thioether (sulfide) groups is 1. The van der Waals surface area contributed by atoms with E-state index in [-0.39, 0.29) is 4.75 Å². The quantitative estimate of drug-likeness (QED) is 0.821. The van der Waals surface area contributed by atoms with Crippen molar-refractivity contribution in [1.29, 1.82) is 0 Å². The fraction of sp³-hybridized carbons (Fsp3) is 0.538. The molecular formula is C13H18ClNS. The molecule has 1 saturated heterocycles. The predicted molar refractivity (Wildman–Crippen MR) is 73.1 cm³/mol. The fourth-order valence-electron chi connectivity index (χ4n) is 2.35. The van der Waals surface area contributed by atoms with Crippen molar-refractivity contribution in [3.8, 4) is 0 Å². The summed E-state index contributed by atoms with van der Waals surface area (Å²) in [7, 11) is 0. The second-order valence-electron chi connectivity index (χ2n) is 5.12. The summed E-state index contributed by atoms with van der Waals surface area (Å²) in [6, 6.07) is 8.48. The molecule has 16 heavy (non-hydrogen) atoms. The van der Waals surface area contributed by atoms with Crippen molar-refractivity contribution in [3.05, 3.63) is 34.9 Å². The topological polar surface area (TPSA) is 26.0 Å². The number of halogens is 1. The van der Waals surface area contributed by atoms with Gasteiger partial charge in [0.2, 0.25) is 0 Å². The maximum Gasteiger partial charge on any atom is 0.0406 e. The summed E-state index contributed by atoms with van der Waals surface area (Å²) in [5.41, 5.74) is 7.47. The molecule has 0 aliphatic carbocycles. The molecular weight excluding hydrogens is 238 g/mol. The summed E-state index contributed by atoms with van der Waals surface area (Å²) >= 11 is 7.93. The molecule has 1 aromatic carbocycles. The molecule has 2 unspecified atom stereocenters. The van der Waals surface area contributed by atoms with Crippen molar-refractivity contribution in [2.75, 3.05) is 0 Å². The molecule has 0 saturated carbocycles. The van der Waals surface area contributed by atoms with E-state index in [9.17, 15) is 0 Å². The van der Waals surface area contributed by atoms with Crippen LogP contribution >= 0.6 is 23.4 Å². The smallest absolute Gasteiger partial charge is 0.0406 e. The molecule has 1 aliphatic heterocycles. The molecule has 2 N–H and O–H groups in total. The summed E-state index contributed by atoms with van der Waals surface area (Å²) < 4.78 is 0.280. The van der Waals surface area contributed by atoms with Crippen LogP contribution in [0.3, 0.4) is 0 Å². The van der Waals surface area contributed by atoms with E-state index in [0.29, 0.717) is 11.3 Å². The molecule has 0 amide bonds. The standard InChI is InChI=1S/C13H18ClNS/c1-13(2)8-11(15)7-12(16-13)9-3-5-10(14)6-4-9/h3-6,11-12H,7-8,15H2,1-2H3. The van der Waals surface area contributed by atoms with Gasteiger partial charge in [0.05, 0.1) is 0 Å². The van der Waals surface area contributed by atoms with E-state index < -0.39 is 0 Å². The van der Waals surface area contributed by atoms with E-state index in [4.69, 9.17) is 17.3 Å². The first-order chi connectivity index (χ1) is 7.46. The van der Waals surface area contributed by atoms with Gasteiger partial charge in [-0.25, -0.2) is 0 Å². The van der Waals surface area contributed by atoms with Gasteiger partial charge in [-0.1, -0.05) is 37.6 Å². The maximum absolute atomic E-state index is 6.13. The lowest BCUT2D eigenvalue weighted by atomic mass is 9.96. The molecule has 88 valence electrons. The minimum absolute atomic E-state index is 0.280. The highest BCUT2D eigenvalue weighted by molar-refractivity contribution is 8.00. The third-order valence-corrected chi connectivity index (χ3v) is 4.78. The van der Waals surface area contributed by atoms with Gasteiger partial charge >= 0.3 is 0 Å². The van der Waals surface area contributed by atoms with Gasteiger partial charge in [-0.05, 0) is 30.5 Å². The first kappa shape index (κ1) is 12.3. The van der Waals surface area contributed by atoms with Crippen LogP contribution in [-0.2, 0) is 0 Å². The Morgan fingerprint density at radius 1 is 1.31 bits per heavy atom. The molecule has 0 radical (unpaired) electrons. The molecule has 0 aromatic heterocycles. The van der Waals surface area contributed by atoms with E-state index in [1.54, 1.807) is 0 Å². The van der Waals surface area contributed by atoms with Crippen molar-refractivity contribution in [2.45, 2.75) is 42.7 Å². The molecule has 1 fully saturated rings. The molecule has 2 atom stereocenters. The summed E-state index contributed by atoms with van der Waals surface area (Å²) in [5, 5.41) is 1.31. The Labute approximate surface area is 107 Å². The lowest BCUT2D eigenvalue weighted by Crippen LogP contribution is -2.36. The number of benzene rings is 1. The van der Waals surface area contributed by atoms with Crippen LogP contribution < -0.4 is 5.73 Å². The van der Waals surface area contributed by atoms with Crippen LogP contribution in [0.2, 0.25) is 5.02 Å². The highest BCUT2D eigenvalue weighted by Crippen LogP contribution is 2.48. The van der Waals surface area contributed by atoms with Crippen molar-refractivity contribution < 1.29 is 0 Å². The summed E-state index contributed by atoms with van der Waals surface area (Å²) in [6.07, 6.45) is 2.16. The Balaban J connectivity index is 2.17. The fourth-order valence-corrected chi connectivity index (χ4v) is 4.20. The Hall–Kier alpha value is -0.180. The number of hydrogen-bond acceptors (Lipinski definition) is 2. The normalized spacial score (nSPS) is 29.0. The van der Waals surface area contributed by atoms with Crippen molar-refractivity contribution in [3.63, 3.8) is 0 Å².